The SMILES string of the molecule is CCCCOC(=O)CN1C(=O)C(C)(C)Oc2cccc(N)c21. The summed E-state index contributed by atoms with van der Waals surface area (Å²) in [5, 5.41) is 0. The largest absolute Gasteiger partial charge is 0.476 e. The van der Waals surface area contributed by atoms with Gasteiger partial charge in [-0.05, 0) is 32.4 Å². The summed E-state index contributed by atoms with van der Waals surface area (Å²) < 4.78 is 10.8. The molecule has 2 N–H and O–H groups in total. The predicted octanol–water partition coefficient (Wildman–Crippen LogP) is 2.12. The Bertz CT molecular complexity index is 584. The van der Waals surface area contributed by atoms with E-state index in [2.05, 4.69) is 0 Å². The van der Waals surface area contributed by atoms with Gasteiger partial charge in [-0.25, -0.2) is 0 Å². The van der Waals surface area contributed by atoms with Crippen molar-refractivity contribution in [2.45, 2.75) is 39.2 Å². The summed E-state index contributed by atoms with van der Waals surface area (Å²) in [6.45, 7) is 5.53. The third kappa shape index (κ3) is 3.16. The lowest BCUT2D eigenvalue weighted by Crippen LogP contribution is -2.54. The maximum Gasteiger partial charge on any atom is 0.326 e. The van der Waals surface area contributed by atoms with E-state index in [9.17, 15) is 9.59 Å². The summed E-state index contributed by atoms with van der Waals surface area (Å²) >= 11 is 0. The minimum Gasteiger partial charge on any atom is -0.476 e. The molecule has 0 atom stereocenters. The van der Waals surface area contributed by atoms with Gasteiger partial charge >= 0.3 is 5.97 Å². The number of nitrogens with zero attached hydrogens (tertiary/aromatic N) is 1. The van der Waals surface area contributed by atoms with Crippen molar-refractivity contribution in [3.8, 4) is 5.75 Å². The number of esters is 1. The van der Waals surface area contributed by atoms with E-state index >= 15 is 0 Å². The monoisotopic (exact) mass is 306 g/mol. The zero-order chi connectivity index (χ0) is 16.3. The van der Waals surface area contributed by atoms with Crippen LogP contribution in [0.2, 0.25) is 0 Å². The molecule has 22 heavy (non-hydrogen) atoms. The number of nitrogen functional groups attached to an aromatic ring is 1. The Balaban J connectivity index is 2.25. The van der Waals surface area contributed by atoms with Gasteiger partial charge in [0.05, 0.1) is 12.3 Å². The molecule has 0 fully saturated rings. The molecule has 0 spiro atoms. The van der Waals surface area contributed by atoms with Crippen molar-refractivity contribution >= 4 is 23.3 Å². The lowest BCUT2D eigenvalue weighted by Gasteiger charge is -2.38. The van der Waals surface area contributed by atoms with Crippen LogP contribution in [0.3, 0.4) is 0 Å². The summed E-state index contributed by atoms with van der Waals surface area (Å²) in [6, 6.07) is 5.15. The fraction of sp³-hybridized carbons (Fsp3) is 0.500. The minimum absolute atomic E-state index is 0.170. The van der Waals surface area contributed by atoms with E-state index in [0.717, 1.165) is 12.8 Å². The molecular formula is C16H22N2O4. The number of ether oxygens (including phenoxy) is 2. The number of carbonyl (C=O) groups excluding carboxylic acids is 2. The van der Waals surface area contributed by atoms with Crippen LogP contribution in [0.15, 0.2) is 18.2 Å². The number of nitrogens with two attached hydrogens (primary N) is 1. The van der Waals surface area contributed by atoms with Crippen LogP contribution in [0, 0.1) is 0 Å². The number of hydrogen-bond acceptors (Lipinski definition) is 5. The molecule has 0 aliphatic carbocycles. The van der Waals surface area contributed by atoms with Gasteiger partial charge in [0.15, 0.2) is 5.60 Å². The standard InChI is InChI=1S/C16H22N2O4/c1-4-5-9-21-13(19)10-18-14-11(17)7-6-8-12(14)22-16(2,3)15(18)20/h6-8H,4-5,9-10,17H2,1-3H3. The zero-order valence-corrected chi connectivity index (χ0v) is 13.2. The second-order valence-electron chi connectivity index (χ2n) is 5.77. The van der Waals surface area contributed by atoms with Crippen LogP contribution in [-0.4, -0.2) is 30.6 Å². The fourth-order valence-corrected chi connectivity index (χ4v) is 2.31. The van der Waals surface area contributed by atoms with Crippen molar-refractivity contribution in [1.82, 2.24) is 0 Å². The van der Waals surface area contributed by atoms with E-state index in [1.54, 1.807) is 32.0 Å². The number of para-hydroxylation sites is 1. The number of fused-ring (bicyclic) bond motifs is 1. The Morgan fingerprint density at radius 3 is 2.82 bits per heavy atom. The first-order valence-electron chi connectivity index (χ1n) is 7.42. The van der Waals surface area contributed by atoms with E-state index in [-0.39, 0.29) is 12.5 Å². The first-order chi connectivity index (χ1) is 10.4. The summed E-state index contributed by atoms with van der Waals surface area (Å²) in [5.74, 6) is -0.273. The molecule has 1 amide bonds. The third-order valence-electron chi connectivity index (χ3n) is 3.47. The molecule has 2 rings (SSSR count). The molecule has 1 aliphatic heterocycles. The lowest BCUT2D eigenvalue weighted by molar-refractivity contribution is -0.144. The highest BCUT2D eigenvalue weighted by Gasteiger charge is 2.42. The van der Waals surface area contributed by atoms with E-state index in [4.69, 9.17) is 15.2 Å². The molecular weight excluding hydrogens is 284 g/mol. The first kappa shape index (κ1) is 16.1. The Morgan fingerprint density at radius 1 is 1.41 bits per heavy atom. The Morgan fingerprint density at radius 2 is 2.14 bits per heavy atom. The molecule has 1 aliphatic rings. The number of carbonyl (C=O) groups is 2. The van der Waals surface area contributed by atoms with E-state index in [1.165, 1.54) is 4.90 Å². The fourth-order valence-electron chi connectivity index (χ4n) is 2.31. The van der Waals surface area contributed by atoms with Gasteiger partial charge in [0.1, 0.15) is 18.0 Å². The van der Waals surface area contributed by atoms with Crippen molar-refractivity contribution < 1.29 is 19.1 Å². The maximum absolute atomic E-state index is 12.6. The van der Waals surface area contributed by atoms with Crippen LogP contribution in [0.25, 0.3) is 0 Å². The summed E-state index contributed by atoms with van der Waals surface area (Å²) in [7, 11) is 0. The molecule has 1 aromatic carbocycles. The van der Waals surface area contributed by atoms with E-state index in [1.807, 2.05) is 6.92 Å². The molecule has 1 aromatic rings. The molecule has 6 heteroatoms. The van der Waals surface area contributed by atoms with E-state index in [0.29, 0.717) is 23.7 Å². The van der Waals surface area contributed by atoms with Crippen molar-refractivity contribution in [3.63, 3.8) is 0 Å². The average molecular weight is 306 g/mol. The van der Waals surface area contributed by atoms with Gasteiger partial charge in [-0.1, -0.05) is 19.4 Å². The van der Waals surface area contributed by atoms with Gasteiger partial charge < -0.3 is 15.2 Å². The molecule has 0 saturated carbocycles. The van der Waals surface area contributed by atoms with Crippen LogP contribution >= 0.6 is 0 Å². The van der Waals surface area contributed by atoms with Crippen molar-refractivity contribution in [2.24, 2.45) is 0 Å². The second kappa shape index (κ2) is 6.25. The number of amides is 1. The molecule has 0 bridgehead atoms. The number of anilines is 2. The quantitative estimate of drug-likeness (QED) is 0.512. The smallest absolute Gasteiger partial charge is 0.326 e. The number of unbranched alkanes of at least 4 members (excludes halogenated alkanes) is 1. The summed E-state index contributed by atoms with van der Waals surface area (Å²) in [5.41, 5.74) is 5.72. The molecule has 120 valence electrons. The molecule has 0 saturated heterocycles. The number of rotatable bonds is 5. The first-order valence-corrected chi connectivity index (χ1v) is 7.42. The lowest BCUT2D eigenvalue weighted by atomic mass is 10.0. The molecule has 6 nitrogen and oxygen atoms in total. The van der Waals surface area contributed by atoms with Crippen molar-refractivity contribution in [2.75, 3.05) is 23.8 Å². The Kier molecular flexibility index (Phi) is 4.59. The summed E-state index contributed by atoms with van der Waals surface area (Å²) in [6.07, 6.45) is 1.74. The van der Waals surface area contributed by atoms with Crippen LogP contribution in [-0.2, 0) is 14.3 Å². The van der Waals surface area contributed by atoms with Gasteiger partial charge in [0, 0.05) is 0 Å². The zero-order valence-electron chi connectivity index (χ0n) is 13.2. The van der Waals surface area contributed by atoms with Crippen LogP contribution in [0.5, 0.6) is 5.75 Å². The van der Waals surface area contributed by atoms with Crippen LogP contribution in [0.4, 0.5) is 11.4 Å². The highest BCUT2D eigenvalue weighted by atomic mass is 16.5. The second-order valence-corrected chi connectivity index (χ2v) is 5.77. The minimum atomic E-state index is -1.05. The molecule has 1 heterocycles. The molecule has 0 unspecified atom stereocenters. The predicted molar refractivity (Wildman–Crippen MR) is 83.8 cm³/mol. The van der Waals surface area contributed by atoms with Gasteiger partial charge in [-0.15, -0.1) is 0 Å². The highest BCUT2D eigenvalue weighted by molar-refractivity contribution is 6.07. The Hall–Kier alpha value is -2.24. The molecule has 0 radical (unpaired) electrons. The normalized spacial score (nSPS) is 16.0. The van der Waals surface area contributed by atoms with Crippen LogP contribution < -0.4 is 15.4 Å². The van der Waals surface area contributed by atoms with E-state index < -0.39 is 11.6 Å². The topological polar surface area (TPSA) is 81.9 Å². The van der Waals surface area contributed by atoms with Gasteiger partial charge in [-0.2, -0.15) is 0 Å². The van der Waals surface area contributed by atoms with Crippen molar-refractivity contribution in [1.29, 1.82) is 0 Å². The number of benzene rings is 1. The van der Waals surface area contributed by atoms with Gasteiger partial charge in [0.2, 0.25) is 0 Å². The van der Waals surface area contributed by atoms with Crippen molar-refractivity contribution in [3.05, 3.63) is 18.2 Å². The molecule has 0 aromatic heterocycles. The Labute approximate surface area is 130 Å². The third-order valence-corrected chi connectivity index (χ3v) is 3.47. The average Bonchev–Trinajstić information content (AvgIpc) is 2.44. The summed E-state index contributed by atoms with van der Waals surface area (Å²) in [4.78, 5) is 25.9. The van der Waals surface area contributed by atoms with Crippen LogP contribution in [0.1, 0.15) is 33.6 Å². The number of hydrogen-bond donors (Lipinski definition) is 1. The van der Waals surface area contributed by atoms with Gasteiger partial charge in [-0.3, -0.25) is 14.5 Å². The maximum atomic E-state index is 12.6. The van der Waals surface area contributed by atoms with Gasteiger partial charge in [0.25, 0.3) is 5.91 Å². The highest BCUT2D eigenvalue weighted by Crippen LogP contribution is 2.41.